The number of allylic oxidation sites excluding steroid dienone is 1. The lowest BCUT2D eigenvalue weighted by Crippen LogP contribution is -2.26. The second kappa shape index (κ2) is 15.0. The summed E-state index contributed by atoms with van der Waals surface area (Å²) in [5, 5.41) is 4.38. The molecule has 1 aliphatic heterocycles. The summed E-state index contributed by atoms with van der Waals surface area (Å²) in [6, 6.07) is 5.94. The number of aryl methyl sites for hydroxylation is 2. The molecule has 39 heavy (non-hydrogen) atoms. The number of pyridine rings is 1. The predicted octanol–water partition coefficient (Wildman–Crippen LogP) is 8.74. The molecule has 2 aliphatic rings. The Morgan fingerprint density at radius 3 is 2.41 bits per heavy atom. The Kier molecular flexibility index (Phi) is 12.4. The average Bonchev–Trinajstić information content (AvgIpc) is 3.72. The highest BCUT2D eigenvalue weighted by Crippen LogP contribution is 2.41. The lowest BCUT2D eigenvalue weighted by Gasteiger charge is -2.19. The molecular formula is C33H49FN2O3. The minimum Gasteiger partial charge on any atom is -0.454 e. The average molecular weight is 541 g/mol. The van der Waals surface area contributed by atoms with Crippen molar-refractivity contribution in [1.29, 1.82) is 0 Å². The Morgan fingerprint density at radius 2 is 1.85 bits per heavy atom. The molecule has 0 bridgehead atoms. The van der Waals surface area contributed by atoms with Crippen molar-refractivity contribution in [1.82, 2.24) is 9.88 Å². The van der Waals surface area contributed by atoms with Gasteiger partial charge in [0.2, 0.25) is 5.43 Å². The van der Waals surface area contributed by atoms with Gasteiger partial charge in [-0.3, -0.25) is 9.59 Å². The van der Waals surface area contributed by atoms with E-state index in [1.165, 1.54) is 6.20 Å². The number of halogens is 1. The van der Waals surface area contributed by atoms with E-state index >= 15 is 4.39 Å². The van der Waals surface area contributed by atoms with Crippen LogP contribution >= 0.6 is 0 Å². The molecule has 0 amide bonds. The number of fused-ring (bicyclic) bond motifs is 5. The lowest BCUT2D eigenvalue weighted by molar-refractivity contribution is 0.0965. The van der Waals surface area contributed by atoms with E-state index < -0.39 is 11.2 Å². The molecule has 3 heterocycles. The van der Waals surface area contributed by atoms with E-state index in [9.17, 15) is 9.59 Å². The number of hydrogen-bond donors (Lipinski definition) is 1. The van der Waals surface area contributed by atoms with Crippen molar-refractivity contribution in [3.63, 3.8) is 0 Å². The molecule has 0 spiro atoms. The second-order valence-electron chi connectivity index (χ2n) is 10.0. The molecule has 3 aromatic rings. The minimum atomic E-state index is -0.898. The van der Waals surface area contributed by atoms with Crippen molar-refractivity contribution in [2.45, 2.75) is 94.2 Å². The molecule has 1 fully saturated rings. The zero-order chi connectivity index (χ0) is 29.3. The standard InChI is InChI=1S/C25H25FN2O3.C4H10.2C2H6.H2/c1-3-6-19(27-4-2)17-8-5-7-15-16-11-12-28-13-18(22(29)14-9-10-14)23(30)20(26)21(28)25(16)31-24(15)17;1-4(2)3;2*1-2;/h3,5-8,13-14,19,27H,4,9-12H2,1-2H3;4H,1-3H3;2*1-2H3;1H/b6-3-;;;;. The number of aromatic nitrogens is 1. The predicted molar refractivity (Wildman–Crippen MR) is 163 cm³/mol. The Bertz CT molecular complexity index is 1330. The first-order chi connectivity index (χ1) is 18.8. The van der Waals surface area contributed by atoms with Crippen molar-refractivity contribution >= 4 is 16.8 Å². The van der Waals surface area contributed by atoms with E-state index in [2.05, 4.69) is 32.2 Å². The van der Waals surface area contributed by atoms with Gasteiger partial charge in [0.1, 0.15) is 11.3 Å². The van der Waals surface area contributed by atoms with Gasteiger partial charge in [0.25, 0.3) is 0 Å². The van der Waals surface area contributed by atoms with Crippen LogP contribution in [0.25, 0.3) is 22.4 Å². The summed E-state index contributed by atoms with van der Waals surface area (Å²) in [4.78, 5) is 25.2. The molecule has 0 radical (unpaired) electrons. The molecule has 1 atom stereocenters. The Morgan fingerprint density at radius 1 is 1.21 bits per heavy atom. The maximum absolute atomic E-state index is 15.3. The van der Waals surface area contributed by atoms with Crippen molar-refractivity contribution in [3.05, 3.63) is 69.3 Å². The van der Waals surface area contributed by atoms with E-state index in [1.807, 2.05) is 65.8 Å². The van der Waals surface area contributed by atoms with E-state index in [0.29, 0.717) is 24.3 Å². The van der Waals surface area contributed by atoms with Gasteiger partial charge in [0.15, 0.2) is 17.4 Å². The Labute approximate surface area is 235 Å². The zero-order valence-electron chi connectivity index (χ0n) is 25.3. The molecule has 6 heteroatoms. The molecule has 1 aromatic carbocycles. The fraction of sp³-hybridized carbons (Fsp3) is 0.515. The molecule has 5 rings (SSSR count). The van der Waals surface area contributed by atoms with Crippen molar-refractivity contribution < 1.29 is 15.0 Å². The number of carbonyl (C=O) groups is 1. The molecule has 5 nitrogen and oxygen atoms in total. The molecular weight excluding hydrogens is 491 g/mol. The largest absolute Gasteiger partial charge is 0.454 e. The van der Waals surface area contributed by atoms with Crippen LogP contribution in [0.4, 0.5) is 4.39 Å². The Hall–Kier alpha value is -2.99. The first-order valence-corrected chi connectivity index (χ1v) is 14.7. The summed E-state index contributed by atoms with van der Waals surface area (Å²) in [6.07, 6.45) is 7.78. The van der Waals surface area contributed by atoms with Crippen LogP contribution in [0, 0.1) is 17.7 Å². The molecule has 1 saturated carbocycles. The zero-order valence-corrected chi connectivity index (χ0v) is 25.3. The number of Topliss-reactive ketones (excluding diaryl/α,β-unsaturated/α-hetero) is 1. The maximum atomic E-state index is 15.3. The number of ketones is 1. The number of benzene rings is 1. The lowest BCUT2D eigenvalue weighted by atomic mass is 9.97. The molecule has 216 valence electrons. The van der Waals surface area contributed by atoms with Gasteiger partial charge in [0, 0.05) is 36.6 Å². The summed E-state index contributed by atoms with van der Waals surface area (Å²) >= 11 is 0. The molecule has 1 N–H and O–H groups in total. The fourth-order valence-corrected chi connectivity index (χ4v) is 4.58. The normalized spacial score (nSPS) is 14.3. The van der Waals surface area contributed by atoms with E-state index in [-0.39, 0.29) is 30.4 Å². The number of likely N-dealkylation sites (N-methyl/N-ethyl adjacent to an activating group) is 1. The number of carbonyl (C=O) groups excluding carboxylic acids is 1. The number of para-hydroxylation sites is 1. The number of nitrogens with zero attached hydrogens (tertiary/aromatic N) is 1. The van der Waals surface area contributed by atoms with Crippen LogP contribution in [0.15, 0.2) is 45.8 Å². The molecule has 1 aliphatic carbocycles. The third-order valence-corrected chi connectivity index (χ3v) is 6.25. The quantitative estimate of drug-likeness (QED) is 0.251. The van der Waals surface area contributed by atoms with Crippen molar-refractivity contribution in [2.75, 3.05) is 6.54 Å². The van der Waals surface area contributed by atoms with Gasteiger partial charge in [-0.1, -0.05) is 85.7 Å². The highest BCUT2D eigenvalue weighted by Gasteiger charge is 2.35. The third kappa shape index (κ3) is 7.16. The van der Waals surface area contributed by atoms with Crippen LogP contribution in [0.2, 0.25) is 0 Å². The smallest absolute Gasteiger partial charge is 0.228 e. The second-order valence-corrected chi connectivity index (χ2v) is 10.0. The maximum Gasteiger partial charge on any atom is 0.228 e. The van der Waals surface area contributed by atoms with Gasteiger partial charge in [-0.2, -0.15) is 0 Å². The number of rotatable bonds is 6. The van der Waals surface area contributed by atoms with Crippen LogP contribution in [-0.2, 0) is 13.0 Å². The van der Waals surface area contributed by atoms with Crippen LogP contribution in [-0.4, -0.2) is 16.9 Å². The third-order valence-electron chi connectivity index (χ3n) is 6.25. The topological polar surface area (TPSA) is 64.2 Å². The summed E-state index contributed by atoms with van der Waals surface area (Å²) < 4.78 is 23.3. The van der Waals surface area contributed by atoms with Crippen molar-refractivity contribution in [2.24, 2.45) is 11.8 Å². The number of nitrogens with one attached hydrogen (secondary N) is 1. The summed E-state index contributed by atoms with van der Waals surface area (Å²) in [5.74, 6) is -0.0424. The van der Waals surface area contributed by atoms with Gasteiger partial charge >= 0.3 is 0 Å². The Balaban J connectivity index is 0.000000805. The van der Waals surface area contributed by atoms with Crippen LogP contribution in [0.5, 0.6) is 0 Å². The summed E-state index contributed by atoms with van der Waals surface area (Å²) in [6.45, 7) is 19.8. The van der Waals surface area contributed by atoms with Gasteiger partial charge in [0.05, 0.1) is 11.6 Å². The van der Waals surface area contributed by atoms with Crippen molar-refractivity contribution in [3.8, 4) is 11.5 Å². The summed E-state index contributed by atoms with van der Waals surface area (Å²) in [5.41, 5.74) is 1.87. The molecule has 2 aromatic heterocycles. The van der Waals surface area contributed by atoms with Crippen LogP contribution in [0.1, 0.15) is 104 Å². The first kappa shape index (κ1) is 32.2. The number of furan rings is 1. The molecule has 1 unspecified atom stereocenters. The van der Waals surface area contributed by atoms with Crippen LogP contribution in [0.3, 0.4) is 0 Å². The summed E-state index contributed by atoms with van der Waals surface area (Å²) in [7, 11) is 0. The van der Waals surface area contributed by atoms with Gasteiger partial charge in [-0.05, 0) is 38.6 Å². The van der Waals surface area contributed by atoms with E-state index in [0.717, 1.165) is 41.8 Å². The van der Waals surface area contributed by atoms with E-state index in [4.69, 9.17) is 4.42 Å². The highest BCUT2D eigenvalue weighted by atomic mass is 19.1. The SMILES string of the molecule is C/C=C\C(NCC)c1cccc2c3c(oc12)-c1c(F)c(=O)c(C(=O)C2CC2)cn1CC3.CC.CC.CC(C)C.[HH]. The van der Waals surface area contributed by atoms with Gasteiger partial charge in [-0.15, -0.1) is 0 Å². The number of hydrogen-bond acceptors (Lipinski definition) is 4. The van der Waals surface area contributed by atoms with Gasteiger partial charge in [-0.25, -0.2) is 4.39 Å². The van der Waals surface area contributed by atoms with Gasteiger partial charge < -0.3 is 14.3 Å². The van der Waals surface area contributed by atoms with E-state index in [1.54, 1.807) is 4.57 Å². The van der Waals surface area contributed by atoms with Crippen LogP contribution < -0.4 is 10.7 Å². The first-order valence-electron chi connectivity index (χ1n) is 14.7. The highest BCUT2D eigenvalue weighted by molar-refractivity contribution is 5.99. The monoisotopic (exact) mass is 540 g/mol. The fourth-order valence-electron chi connectivity index (χ4n) is 4.58. The molecule has 0 saturated heterocycles. The minimum absolute atomic E-state index is 0.